The molecule has 0 saturated carbocycles. The summed E-state index contributed by atoms with van der Waals surface area (Å²) in [5.41, 5.74) is 1.93. The fraction of sp³-hybridized carbons (Fsp3) is 0.562. The highest BCUT2D eigenvalue weighted by Gasteiger charge is 2.17. The molecule has 2 heterocycles. The Balaban J connectivity index is 1.59. The van der Waals surface area contributed by atoms with Crippen LogP contribution in [0, 0.1) is 0 Å². The van der Waals surface area contributed by atoms with E-state index < -0.39 is 0 Å². The first kappa shape index (κ1) is 14.4. The van der Waals surface area contributed by atoms with Crippen LogP contribution in [0.3, 0.4) is 0 Å². The van der Waals surface area contributed by atoms with Gasteiger partial charge in [0.2, 0.25) is 0 Å². The van der Waals surface area contributed by atoms with Gasteiger partial charge in [0, 0.05) is 19.1 Å². The molecule has 21 heavy (non-hydrogen) atoms. The summed E-state index contributed by atoms with van der Waals surface area (Å²) < 4.78 is 1.85. The highest BCUT2D eigenvalue weighted by atomic mass is 16.1. The van der Waals surface area contributed by atoms with Gasteiger partial charge in [-0.1, -0.05) is 12.1 Å². The number of para-hydroxylation sites is 2. The maximum Gasteiger partial charge on any atom is 0.326 e. The number of nitrogens with one attached hydrogen (secondary N) is 2. The Kier molecular flexibility index (Phi) is 4.41. The number of piperidine rings is 1. The Morgan fingerprint density at radius 3 is 3.05 bits per heavy atom. The van der Waals surface area contributed by atoms with Crippen molar-refractivity contribution in [2.75, 3.05) is 26.7 Å². The quantitative estimate of drug-likeness (QED) is 0.874. The van der Waals surface area contributed by atoms with Crippen LogP contribution in [0.25, 0.3) is 11.0 Å². The first-order valence-electron chi connectivity index (χ1n) is 7.84. The van der Waals surface area contributed by atoms with Crippen molar-refractivity contribution in [3.05, 3.63) is 34.7 Å². The Morgan fingerprint density at radius 2 is 2.24 bits per heavy atom. The van der Waals surface area contributed by atoms with Gasteiger partial charge >= 0.3 is 5.69 Å². The number of aromatic amines is 1. The van der Waals surface area contributed by atoms with Crippen molar-refractivity contribution in [2.24, 2.45) is 0 Å². The van der Waals surface area contributed by atoms with E-state index in [1.807, 2.05) is 28.8 Å². The largest absolute Gasteiger partial charge is 0.326 e. The molecule has 0 spiro atoms. The van der Waals surface area contributed by atoms with Gasteiger partial charge in [-0.2, -0.15) is 0 Å². The van der Waals surface area contributed by atoms with E-state index in [-0.39, 0.29) is 5.69 Å². The van der Waals surface area contributed by atoms with Crippen molar-refractivity contribution in [2.45, 2.75) is 31.8 Å². The van der Waals surface area contributed by atoms with Crippen molar-refractivity contribution in [1.29, 1.82) is 0 Å². The fourth-order valence-electron chi connectivity index (χ4n) is 3.20. The minimum atomic E-state index is -0.00168. The normalized spacial score (nSPS) is 19.4. The van der Waals surface area contributed by atoms with E-state index in [1.54, 1.807) is 0 Å². The van der Waals surface area contributed by atoms with Crippen LogP contribution in [0.2, 0.25) is 0 Å². The third-order valence-corrected chi connectivity index (χ3v) is 4.47. The molecule has 1 fully saturated rings. The van der Waals surface area contributed by atoms with Crippen LogP contribution in [-0.2, 0) is 6.54 Å². The SMILES string of the molecule is CN(CCCn1c(=O)[nH]c2ccccc21)C1CCCNC1. The van der Waals surface area contributed by atoms with Crippen molar-refractivity contribution in [3.8, 4) is 0 Å². The second kappa shape index (κ2) is 6.45. The number of H-pyrrole nitrogens is 1. The minimum absolute atomic E-state index is 0.00168. The third kappa shape index (κ3) is 3.19. The molecule has 1 aromatic carbocycles. The van der Waals surface area contributed by atoms with Crippen LogP contribution >= 0.6 is 0 Å². The summed E-state index contributed by atoms with van der Waals surface area (Å²) in [6.45, 7) is 4.03. The molecule has 1 unspecified atom stereocenters. The first-order chi connectivity index (χ1) is 10.3. The Labute approximate surface area is 125 Å². The molecule has 0 amide bonds. The molecule has 2 aromatic rings. The average Bonchev–Trinajstić information content (AvgIpc) is 2.84. The van der Waals surface area contributed by atoms with Crippen LogP contribution in [0.5, 0.6) is 0 Å². The number of imidazole rings is 1. The zero-order valence-corrected chi connectivity index (χ0v) is 12.6. The van der Waals surface area contributed by atoms with Gasteiger partial charge in [0.15, 0.2) is 0 Å². The topological polar surface area (TPSA) is 53.1 Å². The number of fused-ring (bicyclic) bond motifs is 1. The van der Waals surface area contributed by atoms with Crippen LogP contribution in [0.15, 0.2) is 29.1 Å². The predicted molar refractivity (Wildman–Crippen MR) is 85.7 cm³/mol. The van der Waals surface area contributed by atoms with Gasteiger partial charge in [-0.05, 0) is 51.5 Å². The Bertz CT molecular complexity index is 639. The third-order valence-electron chi connectivity index (χ3n) is 4.47. The van der Waals surface area contributed by atoms with E-state index in [9.17, 15) is 4.79 Å². The lowest BCUT2D eigenvalue weighted by molar-refractivity contribution is 0.198. The number of hydrogen-bond donors (Lipinski definition) is 2. The molecule has 1 saturated heterocycles. The summed E-state index contributed by atoms with van der Waals surface area (Å²) in [7, 11) is 2.19. The highest BCUT2D eigenvalue weighted by molar-refractivity contribution is 5.74. The molecule has 0 aliphatic carbocycles. The van der Waals surface area contributed by atoms with Crippen LogP contribution in [-0.4, -0.2) is 47.2 Å². The molecule has 1 aliphatic heterocycles. The van der Waals surface area contributed by atoms with E-state index in [0.717, 1.165) is 43.6 Å². The van der Waals surface area contributed by atoms with Gasteiger partial charge in [-0.15, -0.1) is 0 Å². The molecule has 1 aromatic heterocycles. The van der Waals surface area contributed by atoms with Gasteiger partial charge in [0.25, 0.3) is 0 Å². The van der Waals surface area contributed by atoms with E-state index in [0.29, 0.717) is 6.04 Å². The number of benzene rings is 1. The van der Waals surface area contributed by atoms with E-state index in [2.05, 4.69) is 22.2 Å². The maximum absolute atomic E-state index is 12.0. The number of aromatic nitrogens is 2. The Morgan fingerprint density at radius 1 is 1.38 bits per heavy atom. The summed E-state index contributed by atoms with van der Waals surface area (Å²) in [6.07, 6.45) is 3.53. The molecule has 5 nitrogen and oxygen atoms in total. The van der Waals surface area contributed by atoms with Crippen molar-refractivity contribution < 1.29 is 0 Å². The van der Waals surface area contributed by atoms with Crippen LogP contribution < -0.4 is 11.0 Å². The molecule has 5 heteroatoms. The molecule has 0 radical (unpaired) electrons. The summed E-state index contributed by atoms with van der Waals surface area (Å²) >= 11 is 0. The number of likely N-dealkylation sites (N-methyl/N-ethyl adjacent to an activating group) is 1. The number of rotatable bonds is 5. The van der Waals surface area contributed by atoms with Crippen molar-refractivity contribution in [3.63, 3.8) is 0 Å². The molecular formula is C16H24N4O. The van der Waals surface area contributed by atoms with Gasteiger partial charge in [0.1, 0.15) is 0 Å². The predicted octanol–water partition coefficient (Wildman–Crippen LogP) is 1.40. The lowest BCUT2D eigenvalue weighted by Crippen LogP contribution is -2.44. The fourth-order valence-corrected chi connectivity index (χ4v) is 3.20. The van der Waals surface area contributed by atoms with E-state index in [4.69, 9.17) is 0 Å². The van der Waals surface area contributed by atoms with Crippen molar-refractivity contribution >= 4 is 11.0 Å². The van der Waals surface area contributed by atoms with Crippen LogP contribution in [0.1, 0.15) is 19.3 Å². The molecule has 2 N–H and O–H groups in total. The Hall–Kier alpha value is -1.59. The number of hydrogen-bond acceptors (Lipinski definition) is 3. The van der Waals surface area contributed by atoms with E-state index >= 15 is 0 Å². The lowest BCUT2D eigenvalue weighted by atomic mass is 10.1. The summed E-state index contributed by atoms with van der Waals surface area (Å²) in [5.74, 6) is 0. The molecule has 1 atom stereocenters. The molecule has 0 bridgehead atoms. The second-order valence-corrected chi connectivity index (χ2v) is 5.93. The van der Waals surface area contributed by atoms with Gasteiger partial charge < -0.3 is 15.2 Å². The van der Waals surface area contributed by atoms with Gasteiger partial charge in [-0.3, -0.25) is 4.57 Å². The first-order valence-corrected chi connectivity index (χ1v) is 7.84. The standard InChI is InChI=1S/C16H24N4O/c1-19(13-6-4-9-17-12-13)10-5-11-20-15-8-3-2-7-14(15)18-16(20)21/h2-3,7-8,13,17H,4-6,9-12H2,1H3,(H,18,21). The summed E-state index contributed by atoms with van der Waals surface area (Å²) in [4.78, 5) is 17.3. The molecule has 114 valence electrons. The highest BCUT2D eigenvalue weighted by Crippen LogP contribution is 2.11. The zero-order chi connectivity index (χ0) is 14.7. The van der Waals surface area contributed by atoms with Crippen molar-refractivity contribution in [1.82, 2.24) is 19.8 Å². The summed E-state index contributed by atoms with van der Waals surface area (Å²) in [5, 5.41) is 3.45. The lowest BCUT2D eigenvalue weighted by Gasteiger charge is -2.31. The van der Waals surface area contributed by atoms with Crippen LogP contribution in [0.4, 0.5) is 0 Å². The second-order valence-electron chi connectivity index (χ2n) is 5.93. The minimum Gasteiger partial charge on any atom is -0.315 e. The van der Waals surface area contributed by atoms with Gasteiger partial charge in [-0.25, -0.2) is 4.79 Å². The molecule has 1 aliphatic rings. The smallest absolute Gasteiger partial charge is 0.315 e. The average molecular weight is 288 g/mol. The number of nitrogens with zero attached hydrogens (tertiary/aromatic N) is 2. The molecule has 3 rings (SSSR count). The monoisotopic (exact) mass is 288 g/mol. The van der Waals surface area contributed by atoms with Gasteiger partial charge in [0.05, 0.1) is 11.0 Å². The summed E-state index contributed by atoms with van der Waals surface area (Å²) in [6, 6.07) is 8.52. The zero-order valence-electron chi connectivity index (χ0n) is 12.6. The maximum atomic E-state index is 12.0. The molecular weight excluding hydrogens is 264 g/mol. The number of aryl methyl sites for hydroxylation is 1. The van der Waals surface area contributed by atoms with E-state index in [1.165, 1.54) is 12.8 Å².